The Kier molecular flexibility index (Phi) is 8.29. The van der Waals surface area contributed by atoms with Gasteiger partial charge < -0.3 is 20.3 Å². The molecule has 2 aromatic rings. The number of nitrogens with one attached hydrogen (secondary N) is 3. The molecule has 0 aliphatic carbocycles. The van der Waals surface area contributed by atoms with Gasteiger partial charge in [-0.25, -0.2) is 0 Å². The summed E-state index contributed by atoms with van der Waals surface area (Å²) in [6, 6.07) is 14.4. The second-order valence-corrected chi connectivity index (χ2v) is 7.01. The maximum atomic E-state index is 12.4. The monoisotopic (exact) mass is 404 g/mol. The zero-order valence-corrected chi connectivity index (χ0v) is 17.2. The van der Waals surface area contributed by atoms with E-state index in [1.54, 1.807) is 43.5 Å². The van der Waals surface area contributed by atoms with Crippen molar-refractivity contribution in [2.24, 2.45) is 0 Å². The molecule has 6 nitrogen and oxygen atoms in total. The van der Waals surface area contributed by atoms with E-state index in [1.165, 1.54) is 0 Å². The molecular weight excluding hydrogens is 378 g/mol. The number of rotatable bonds is 9. The molecule has 0 spiro atoms. The fourth-order valence-corrected chi connectivity index (χ4v) is 2.90. The van der Waals surface area contributed by atoms with E-state index in [4.69, 9.17) is 16.3 Å². The molecule has 0 saturated heterocycles. The molecule has 0 bridgehead atoms. The van der Waals surface area contributed by atoms with Gasteiger partial charge in [0.25, 0.3) is 11.8 Å². The van der Waals surface area contributed by atoms with Gasteiger partial charge in [-0.3, -0.25) is 9.59 Å². The highest BCUT2D eigenvalue weighted by molar-refractivity contribution is 6.30. The van der Waals surface area contributed by atoms with Crippen LogP contribution in [0.3, 0.4) is 0 Å². The van der Waals surface area contributed by atoms with Crippen LogP contribution in [0.4, 0.5) is 5.69 Å². The molecule has 2 aromatic carbocycles. The molecule has 0 fully saturated rings. The Hall–Kier alpha value is -2.57. The van der Waals surface area contributed by atoms with Crippen LogP contribution >= 0.6 is 11.6 Å². The summed E-state index contributed by atoms with van der Waals surface area (Å²) in [4.78, 5) is 25.5. The molecule has 7 heteroatoms. The summed E-state index contributed by atoms with van der Waals surface area (Å²) in [7, 11) is 1.59. The number of carbonyl (C=O) groups is 2. The Balaban J connectivity index is 1.83. The highest BCUT2D eigenvalue weighted by Gasteiger charge is 2.18. The third-order valence-electron chi connectivity index (χ3n) is 4.44. The van der Waals surface area contributed by atoms with Crippen LogP contribution < -0.4 is 20.3 Å². The highest BCUT2D eigenvalue weighted by atomic mass is 35.5. The fraction of sp³-hybridized carbons (Fsp3) is 0.333. The molecule has 0 aromatic heterocycles. The molecule has 150 valence electrons. The SMILES string of the molecule is CC[NH+](CC(=O)Nc1ccc(OC)cc1)CC(=O)N[C@@H](C)c1ccc(Cl)cc1. The Bertz CT molecular complexity index is 778. The van der Waals surface area contributed by atoms with Crippen molar-refractivity contribution in [3.63, 3.8) is 0 Å². The Morgan fingerprint density at radius 3 is 2.21 bits per heavy atom. The summed E-state index contributed by atoms with van der Waals surface area (Å²) in [5.74, 6) is 0.488. The van der Waals surface area contributed by atoms with E-state index in [0.717, 1.165) is 16.2 Å². The summed E-state index contributed by atoms with van der Waals surface area (Å²) in [6.45, 7) is 4.98. The summed E-state index contributed by atoms with van der Waals surface area (Å²) < 4.78 is 5.10. The van der Waals surface area contributed by atoms with Crippen molar-refractivity contribution in [2.45, 2.75) is 19.9 Å². The van der Waals surface area contributed by atoms with Crippen LogP contribution in [0.25, 0.3) is 0 Å². The van der Waals surface area contributed by atoms with Gasteiger partial charge in [0.15, 0.2) is 13.1 Å². The number of hydrogen-bond acceptors (Lipinski definition) is 3. The Labute approximate surface area is 170 Å². The molecule has 1 unspecified atom stereocenters. The number of methoxy groups -OCH3 is 1. The largest absolute Gasteiger partial charge is 0.497 e. The molecule has 2 rings (SSSR count). The van der Waals surface area contributed by atoms with E-state index in [2.05, 4.69) is 10.6 Å². The van der Waals surface area contributed by atoms with Gasteiger partial charge in [0.2, 0.25) is 0 Å². The lowest BCUT2D eigenvalue weighted by Gasteiger charge is -2.19. The Morgan fingerprint density at radius 1 is 1.04 bits per heavy atom. The quantitative estimate of drug-likeness (QED) is 0.599. The summed E-state index contributed by atoms with van der Waals surface area (Å²) in [5, 5.41) is 6.47. The molecule has 0 radical (unpaired) electrons. The van der Waals surface area contributed by atoms with Gasteiger partial charge in [0.1, 0.15) is 5.75 Å². The van der Waals surface area contributed by atoms with Crippen LogP contribution in [0.5, 0.6) is 5.75 Å². The molecule has 0 heterocycles. The molecule has 28 heavy (non-hydrogen) atoms. The van der Waals surface area contributed by atoms with Crippen LogP contribution in [0.15, 0.2) is 48.5 Å². The minimum absolute atomic E-state index is 0.100. The molecule has 2 amide bonds. The first kappa shape index (κ1) is 21.7. The van der Waals surface area contributed by atoms with E-state index < -0.39 is 0 Å². The average Bonchev–Trinajstić information content (AvgIpc) is 2.68. The summed E-state index contributed by atoms with van der Waals surface area (Å²) in [6.07, 6.45) is 0. The maximum Gasteiger partial charge on any atom is 0.279 e. The predicted molar refractivity (Wildman–Crippen MR) is 111 cm³/mol. The van der Waals surface area contributed by atoms with Crippen molar-refractivity contribution in [1.82, 2.24) is 5.32 Å². The van der Waals surface area contributed by atoms with E-state index in [-0.39, 0.29) is 30.9 Å². The van der Waals surface area contributed by atoms with Crippen molar-refractivity contribution >= 4 is 29.1 Å². The van der Waals surface area contributed by atoms with Crippen LogP contribution in [-0.2, 0) is 9.59 Å². The number of ether oxygens (including phenoxy) is 1. The predicted octanol–water partition coefficient (Wildman–Crippen LogP) is 2.07. The third-order valence-corrected chi connectivity index (χ3v) is 4.69. The normalized spacial score (nSPS) is 12.7. The van der Waals surface area contributed by atoms with E-state index in [9.17, 15) is 9.59 Å². The minimum Gasteiger partial charge on any atom is -0.497 e. The first-order valence-corrected chi connectivity index (χ1v) is 9.61. The Morgan fingerprint density at radius 2 is 1.64 bits per heavy atom. The number of carbonyl (C=O) groups excluding carboxylic acids is 2. The minimum atomic E-state index is -0.138. The smallest absolute Gasteiger partial charge is 0.279 e. The van der Waals surface area contributed by atoms with Gasteiger partial charge in [-0.05, 0) is 55.8 Å². The molecule has 3 N–H and O–H groups in total. The number of benzene rings is 2. The summed E-state index contributed by atoms with van der Waals surface area (Å²) >= 11 is 5.90. The second-order valence-electron chi connectivity index (χ2n) is 6.57. The van der Waals surface area contributed by atoms with E-state index >= 15 is 0 Å². The van der Waals surface area contributed by atoms with Gasteiger partial charge in [-0.2, -0.15) is 0 Å². The summed E-state index contributed by atoms with van der Waals surface area (Å²) in [5.41, 5.74) is 1.68. The first-order chi connectivity index (χ1) is 13.4. The second kappa shape index (κ2) is 10.7. The number of likely N-dealkylation sites (N-methyl/N-ethyl adjacent to an activating group) is 1. The van der Waals surface area contributed by atoms with Gasteiger partial charge >= 0.3 is 0 Å². The van der Waals surface area contributed by atoms with Crippen LogP contribution in [0, 0.1) is 0 Å². The number of anilines is 1. The lowest BCUT2D eigenvalue weighted by atomic mass is 10.1. The van der Waals surface area contributed by atoms with E-state index in [0.29, 0.717) is 17.3 Å². The van der Waals surface area contributed by atoms with Gasteiger partial charge in [-0.15, -0.1) is 0 Å². The van der Waals surface area contributed by atoms with Crippen LogP contribution in [0.2, 0.25) is 5.02 Å². The fourth-order valence-electron chi connectivity index (χ4n) is 2.77. The number of halogens is 1. The van der Waals surface area contributed by atoms with Crippen molar-refractivity contribution in [3.8, 4) is 5.75 Å². The van der Waals surface area contributed by atoms with Gasteiger partial charge in [-0.1, -0.05) is 23.7 Å². The average molecular weight is 405 g/mol. The zero-order valence-electron chi connectivity index (χ0n) is 16.4. The third kappa shape index (κ3) is 6.87. The molecule has 0 aliphatic rings. The van der Waals surface area contributed by atoms with E-state index in [1.807, 2.05) is 26.0 Å². The lowest BCUT2D eigenvalue weighted by Crippen LogP contribution is -3.14. The molecular formula is C21H27ClN3O3+. The highest BCUT2D eigenvalue weighted by Crippen LogP contribution is 2.16. The number of quaternary nitrogens is 1. The van der Waals surface area contributed by atoms with Crippen molar-refractivity contribution in [1.29, 1.82) is 0 Å². The zero-order chi connectivity index (χ0) is 20.5. The van der Waals surface area contributed by atoms with Gasteiger partial charge in [0, 0.05) is 10.7 Å². The lowest BCUT2D eigenvalue weighted by molar-refractivity contribution is -0.881. The van der Waals surface area contributed by atoms with Gasteiger partial charge in [0.05, 0.1) is 19.7 Å². The van der Waals surface area contributed by atoms with Crippen molar-refractivity contribution < 1.29 is 19.2 Å². The first-order valence-electron chi connectivity index (χ1n) is 9.23. The van der Waals surface area contributed by atoms with Crippen molar-refractivity contribution in [2.75, 3.05) is 32.1 Å². The maximum absolute atomic E-state index is 12.4. The van der Waals surface area contributed by atoms with Crippen molar-refractivity contribution in [3.05, 3.63) is 59.1 Å². The number of amides is 2. The van der Waals surface area contributed by atoms with Crippen LogP contribution in [0.1, 0.15) is 25.5 Å². The number of hydrogen-bond donors (Lipinski definition) is 3. The topological polar surface area (TPSA) is 71.9 Å². The molecule has 0 saturated carbocycles. The molecule has 2 atom stereocenters. The van der Waals surface area contributed by atoms with Crippen LogP contribution in [-0.4, -0.2) is 38.6 Å². The molecule has 0 aliphatic heterocycles. The standard InChI is InChI=1S/C21H26ClN3O3/c1-4-25(14-21(27)24-18-9-11-19(28-3)12-10-18)13-20(26)23-15(2)16-5-7-17(22)8-6-16/h5-12,15H,4,13-14H2,1-3H3,(H,23,26)(H,24,27)/p+1/t15-/m0/s1.